The van der Waals surface area contributed by atoms with Gasteiger partial charge in [-0.2, -0.15) is 0 Å². The first-order valence-electron chi connectivity index (χ1n) is 6.52. The fraction of sp³-hybridized carbons (Fsp3) is 0.500. The van der Waals surface area contributed by atoms with E-state index in [1.54, 1.807) is 12.1 Å². The van der Waals surface area contributed by atoms with E-state index in [0.29, 0.717) is 5.69 Å². The van der Waals surface area contributed by atoms with Gasteiger partial charge in [0, 0.05) is 22.5 Å². The van der Waals surface area contributed by atoms with Crippen molar-refractivity contribution in [1.82, 2.24) is 0 Å². The Kier molecular flexibility index (Phi) is 4.16. The van der Waals surface area contributed by atoms with Crippen molar-refractivity contribution < 1.29 is 9.90 Å². The van der Waals surface area contributed by atoms with Crippen LogP contribution in [0.3, 0.4) is 0 Å². The summed E-state index contributed by atoms with van der Waals surface area (Å²) >= 11 is 3.50. The Labute approximate surface area is 121 Å². The van der Waals surface area contributed by atoms with Gasteiger partial charge in [-0.3, -0.25) is 4.79 Å². The van der Waals surface area contributed by atoms with Crippen molar-refractivity contribution in [3.8, 4) is 5.75 Å². The number of nitrogens with two attached hydrogens (primary N) is 1. The highest BCUT2D eigenvalue weighted by atomic mass is 79.9. The fourth-order valence-electron chi connectivity index (χ4n) is 2.79. The molecule has 2 rings (SSSR count). The van der Waals surface area contributed by atoms with E-state index >= 15 is 0 Å². The minimum Gasteiger partial charge on any atom is -0.506 e. The number of hydrogen-bond donors (Lipinski definition) is 3. The first-order chi connectivity index (χ1) is 8.94. The van der Waals surface area contributed by atoms with Crippen LogP contribution in [0.15, 0.2) is 16.6 Å². The number of aromatic hydroxyl groups is 1. The lowest BCUT2D eigenvalue weighted by Crippen LogP contribution is -2.39. The summed E-state index contributed by atoms with van der Waals surface area (Å²) in [7, 11) is 0. The van der Waals surface area contributed by atoms with Crippen LogP contribution >= 0.6 is 15.9 Å². The third-order valence-electron chi connectivity index (χ3n) is 3.68. The molecule has 5 heteroatoms. The lowest BCUT2D eigenvalue weighted by atomic mass is 9.76. The van der Waals surface area contributed by atoms with Gasteiger partial charge in [0.1, 0.15) is 5.75 Å². The van der Waals surface area contributed by atoms with Gasteiger partial charge in [-0.25, -0.2) is 0 Å². The number of phenols is 1. The Bertz CT molecular complexity index is 496. The molecular formula is C14H19BrN2O2. The minimum atomic E-state index is -0.492. The highest BCUT2D eigenvalue weighted by Gasteiger charge is 2.34. The second-order valence-electron chi connectivity index (χ2n) is 5.21. The first-order valence-corrected chi connectivity index (χ1v) is 7.32. The monoisotopic (exact) mass is 326 g/mol. The summed E-state index contributed by atoms with van der Waals surface area (Å²) < 4.78 is 0.832. The average Bonchev–Trinajstić information content (AvgIpc) is 2.34. The lowest BCUT2D eigenvalue weighted by molar-refractivity contribution is -0.114. The molecular weight excluding hydrogens is 308 g/mol. The average molecular weight is 327 g/mol. The number of amides is 1. The van der Waals surface area contributed by atoms with Crippen molar-refractivity contribution in [1.29, 1.82) is 0 Å². The fourth-order valence-corrected chi connectivity index (χ4v) is 3.51. The molecule has 1 aliphatic rings. The molecule has 104 valence electrons. The number of phenolic OH excluding ortho intramolecular Hbond substituents is 1. The van der Waals surface area contributed by atoms with Crippen LogP contribution in [0.1, 0.15) is 44.6 Å². The molecule has 0 saturated heterocycles. The number of nitrogens with one attached hydrogen (secondary N) is 1. The Hall–Kier alpha value is -1.07. The van der Waals surface area contributed by atoms with Gasteiger partial charge in [-0.15, -0.1) is 0 Å². The zero-order valence-corrected chi connectivity index (χ0v) is 12.6. The minimum absolute atomic E-state index is 0.0591. The third kappa shape index (κ3) is 2.92. The van der Waals surface area contributed by atoms with E-state index in [2.05, 4.69) is 21.2 Å². The SMILES string of the molecule is CC(=O)Nc1c(O)ccc(Br)c1C1(N)CCCCC1. The summed E-state index contributed by atoms with van der Waals surface area (Å²) in [6, 6.07) is 3.34. The van der Waals surface area contributed by atoms with E-state index < -0.39 is 5.54 Å². The maximum absolute atomic E-state index is 11.3. The zero-order chi connectivity index (χ0) is 14.0. The molecule has 0 atom stereocenters. The quantitative estimate of drug-likeness (QED) is 0.730. The molecule has 1 aromatic rings. The molecule has 1 aliphatic carbocycles. The van der Waals surface area contributed by atoms with Gasteiger partial charge < -0.3 is 16.2 Å². The number of anilines is 1. The smallest absolute Gasteiger partial charge is 0.221 e. The topological polar surface area (TPSA) is 75.3 Å². The molecule has 1 aromatic carbocycles. The summed E-state index contributed by atoms with van der Waals surface area (Å²) in [5.74, 6) is -0.155. The van der Waals surface area contributed by atoms with Crippen LogP contribution in [-0.2, 0) is 10.3 Å². The van der Waals surface area contributed by atoms with Crippen LogP contribution in [0, 0.1) is 0 Å². The van der Waals surface area contributed by atoms with E-state index in [0.717, 1.165) is 35.7 Å². The Morgan fingerprint density at radius 1 is 1.37 bits per heavy atom. The van der Waals surface area contributed by atoms with E-state index in [-0.39, 0.29) is 11.7 Å². The van der Waals surface area contributed by atoms with Gasteiger partial charge in [0.15, 0.2) is 0 Å². The summed E-state index contributed by atoms with van der Waals surface area (Å²) in [6.45, 7) is 1.42. The van der Waals surface area contributed by atoms with E-state index in [1.807, 2.05) is 0 Å². The van der Waals surface area contributed by atoms with Crippen molar-refractivity contribution in [3.63, 3.8) is 0 Å². The van der Waals surface area contributed by atoms with E-state index in [1.165, 1.54) is 13.3 Å². The first kappa shape index (κ1) is 14.3. The number of benzene rings is 1. The second kappa shape index (κ2) is 5.51. The van der Waals surface area contributed by atoms with Gasteiger partial charge in [0.2, 0.25) is 5.91 Å². The number of hydrogen-bond acceptors (Lipinski definition) is 3. The standard InChI is InChI=1S/C14H19BrN2O2/c1-9(18)17-13-11(19)6-5-10(15)12(13)14(16)7-3-2-4-8-14/h5-6,19H,2-4,7-8,16H2,1H3,(H,17,18). The molecule has 1 fully saturated rings. The van der Waals surface area contributed by atoms with Crippen LogP contribution in [-0.4, -0.2) is 11.0 Å². The largest absolute Gasteiger partial charge is 0.506 e. The van der Waals surface area contributed by atoms with Gasteiger partial charge in [0.05, 0.1) is 5.69 Å². The van der Waals surface area contributed by atoms with Crippen molar-refractivity contribution in [3.05, 3.63) is 22.2 Å². The second-order valence-corrected chi connectivity index (χ2v) is 6.07. The molecule has 0 unspecified atom stereocenters. The number of carbonyl (C=O) groups is 1. The van der Waals surface area contributed by atoms with Gasteiger partial charge in [-0.05, 0) is 25.0 Å². The molecule has 0 spiro atoms. The van der Waals surface area contributed by atoms with Crippen molar-refractivity contribution in [2.24, 2.45) is 5.73 Å². The van der Waals surface area contributed by atoms with Gasteiger partial charge in [-0.1, -0.05) is 35.2 Å². The lowest BCUT2D eigenvalue weighted by Gasteiger charge is -2.36. The van der Waals surface area contributed by atoms with E-state index in [9.17, 15) is 9.90 Å². The van der Waals surface area contributed by atoms with Crippen molar-refractivity contribution in [2.75, 3.05) is 5.32 Å². The molecule has 0 aliphatic heterocycles. The van der Waals surface area contributed by atoms with Crippen molar-refractivity contribution in [2.45, 2.75) is 44.6 Å². The van der Waals surface area contributed by atoms with Gasteiger partial charge in [0.25, 0.3) is 0 Å². The summed E-state index contributed by atoms with van der Waals surface area (Å²) in [5.41, 5.74) is 7.29. The normalized spacial score (nSPS) is 18.1. The molecule has 4 nitrogen and oxygen atoms in total. The summed E-state index contributed by atoms with van der Waals surface area (Å²) in [6.07, 6.45) is 5.05. The van der Waals surface area contributed by atoms with E-state index in [4.69, 9.17) is 5.73 Å². The molecule has 0 aromatic heterocycles. The van der Waals surface area contributed by atoms with Crippen LogP contribution in [0.5, 0.6) is 5.75 Å². The molecule has 4 N–H and O–H groups in total. The predicted octanol–water partition coefficient (Wildman–Crippen LogP) is 3.23. The molecule has 19 heavy (non-hydrogen) atoms. The number of rotatable bonds is 2. The Morgan fingerprint density at radius 2 is 2.00 bits per heavy atom. The van der Waals surface area contributed by atoms with Gasteiger partial charge >= 0.3 is 0 Å². The van der Waals surface area contributed by atoms with Crippen LogP contribution in [0.25, 0.3) is 0 Å². The Morgan fingerprint density at radius 3 is 2.58 bits per heavy atom. The third-order valence-corrected chi connectivity index (χ3v) is 4.34. The highest BCUT2D eigenvalue weighted by Crippen LogP contribution is 2.45. The van der Waals surface area contributed by atoms with Crippen LogP contribution in [0.2, 0.25) is 0 Å². The predicted molar refractivity (Wildman–Crippen MR) is 79.1 cm³/mol. The highest BCUT2D eigenvalue weighted by molar-refractivity contribution is 9.10. The van der Waals surface area contributed by atoms with Crippen molar-refractivity contribution >= 4 is 27.5 Å². The molecule has 0 heterocycles. The van der Waals surface area contributed by atoms with Crippen LogP contribution in [0.4, 0.5) is 5.69 Å². The number of carbonyl (C=O) groups excluding carboxylic acids is 1. The zero-order valence-electron chi connectivity index (χ0n) is 11.0. The molecule has 1 amide bonds. The Balaban J connectivity index is 2.53. The number of halogens is 1. The maximum Gasteiger partial charge on any atom is 0.221 e. The molecule has 1 saturated carbocycles. The summed E-state index contributed by atoms with van der Waals surface area (Å²) in [5, 5.41) is 12.7. The molecule has 0 radical (unpaired) electrons. The van der Waals surface area contributed by atoms with Crippen LogP contribution < -0.4 is 11.1 Å². The maximum atomic E-state index is 11.3. The molecule has 0 bridgehead atoms. The summed E-state index contributed by atoms with van der Waals surface area (Å²) in [4.78, 5) is 11.3.